The van der Waals surface area contributed by atoms with E-state index in [-0.39, 0.29) is 24.4 Å². The van der Waals surface area contributed by atoms with Crippen LogP contribution in [0.2, 0.25) is 0 Å². The number of hydrogen-bond acceptors (Lipinski definition) is 4. The smallest absolute Gasteiger partial charge is 0.254 e. The fourth-order valence-electron chi connectivity index (χ4n) is 4.28. The van der Waals surface area contributed by atoms with E-state index in [1.165, 1.54) is 16.0 Å². The Morgan fingerprint density at radius 2 is 1.70 bits per heavy atom. The first kappa shape index (κ1) is 23.2. The van der Waals surface area contributed by atoms with Crippen molar-refractivity contribution < 1.29 is 14.3 Å². The maximum Gasteiger partial charge on any atom is 0.254 e. The SMILES string of the molecule is COCCN(CC(=O)N1CCc2sccc2C1c1ccc(C)cc1)C(=O)c1ccc(C)cc1. The molecule has 1 unspecified atom stereocenters. The zero-order valence-corrected chi connectivity index (χ0v) is 20.2. The Balaban J connectivity index is 1.60. The number of rotatable bonds is 7. The summed E-state index contributed by atoms with van der Waals surface area (Å²) in [7, 11) is 1.60. The van der Waals surface area contributed by atoms with Gasteiger partial charge >= 0.3 is 0 Å². The molecule has 3 aromatic rings. The fraction of sp³-hybridized carbons (Fsp3) is 0.333. The first-order chi connectivity index (χ1) is 16.0. The van der Waals surface area contributed by atoms with E-state index >= 15 is 0 Å². The average molecular weight is 463 g/mol. The van der Waals surface area contributed by atoms with Gasteiger partial charge in [-0.05, 0) is 55.0 Å². The van der Waals surface area contributed by atoms with Gasteiger partial charge in [-0.2, -0.15) is 0 Å². The monoisotopic (exact) mass is 462 g/mol. The minimum atomic E-state index is -0.152. The fourth-order valence-corrected chi connectivity index (χ4v) is 5.18. The van der Waals surface area contributed by atoms with Gasteiger partial charge in [-0.25, -0.2) is 0 Å². The van der Waals surface area contributed by atoms with Crippen LogP contribution >= 0.6 is 11.3 Å². The maximum atomic E-state index is 13.6. The van der Waals surface area contributed by atoms with Gasteiger partial charge in [0.15, 0.2) is 0 Å². The molecular weight excluding hydrogens is 432 g/mol. The first-order valence-electron chi connectivity index (χ1n) is 11.2. The topological polar surface area (TPSA) is 49.9 Å². The summed E-state index contributed by atoms with van der Waals surface area (Å²) in [4.78, 5) is 31.7. The van der Waals surface area contributed by atoms with E-state index in [4.69, 9.17) is 4.74 Å². The molecule has 0 saturated heterocycles. The van der Waals surface area contributed by atoms with Crippen LogP contribution in [-0.2, 0) is 16.0 Å². The zero-order valence-electron chi connectivity index (χ0n) is 19.4. The Labute approximate surface area is 199 Å². The average Bonchev–Trinajstić information content (AvgIpc) is 3.30. The normalized spacial score (nSPS) is 15.2. The lowest BCUT2D eigenvalue weighted by Gasteiger charge is -2.37. The van der Waals surface area contributed by atoms with E-state index in [9.17, 15) is 9.59 Å². The molecule has 172 valence electrons. The lowest BCUT2D eigenvalue weighted by molar-refractivity contribution is -0.134. The Kier molecular flexibility index (Phi) is 7.26. The summed E-state index contributed by atoms with van der Waals surface area (Å²) in [6.07, 6.45) is 0.838. The van der Waals surface area contributed by atoms with Crippen molar-refractivity contribution in [3.8, 4) is 0 Å². The second-order valence-corrected chi connectivity index (χ2v) is 9.54. The van der Waals surface area contributed by atoms with Crippen LogP contribution < -0.4 is 0 Å². The van der Waals surface area contributed by atoms with Gasteiger partial charge in [0.05, 0.1) is 12.6 Å². The molecule has 2 aromatic carbocycles. The number of carbonyl (C=O) groups excluding carboxylic acids is 2. The lowest BCUT2D eigenvalue weighted by Crippen LogP contribution is -2.47. The number of nitrogens with zero attached hydrogens (tertiary/aromatic N) is 2. The van der Waals surface area contributed by atoms with Crippen molar-refractivity contribution in [2.45, 2.75) is 26.3 Å². The highest BCUT2D eigenvalue weighted by molar-refractivity contribution is 7.10. The molecule has 0 aliphatic carbocycles. The Morgan fingerprint density at radius 1 is 1.03 bits per heavy atom. The molecule has 1 atom stereocenters. The third kappa shape index (κ3) is 5.18. The lowest BCUT2D eigenvalue weighted by atomic mass is 9.92. The van der Waals surface area contributed by atoms with Crippen molar-refractivity contribution in [1.29, 1.82) is 0 Å². The number of thiophene rings is 1. The molecule has 0 N–H and O–H groups in total. The molecule has 0 spiro atoms. The van der Waals surface area contributed by atoms with Crippen LogP contribution in [0, 0.1) is 13.8 Å². The molecule has 0 radical (unpaired) electrons. The zero-order chi connectivity index (χ0) is 23.4. The summed E-state index contributed by atoms with van der Waals surface area (Å²) < 4.78 is 5.22. The van der Waals surface area contributed by atoms with Crippen molar-refractivity contribution in [3.05, 3.63) is 92.7 Å². The molecule has 0 saturated carbocycles. The predicted molar refractivity (Wildman–Crippen MR) is 132 cm³/mol. The van der Waals surface area contributed by atoms with Crippen LogP contribution in [0.5, 0.6) is 0 Å². The molecular formula is C27H30N2O3S. The second kappa shape index (κ2) is 10.3. The summed E-state index contributed by atoms with van der Waals surface area (Å²) >= 11 is 1.75. The minimum Gasteiger partial charge on any atom is -0.383 e. The number of benzene rings is 2. The molecule has 6 heteroatoms. The van der Waals surface area contributed by atoms with Gasteiger partial charge in [0, 0.05) is 30.6 Å². The largest absolute Gasteiger partial charge is 0.383 e. The number of ether oxygens (including phenoxy) is 1. The molecule has 5 nitrogen and oxygen atoms in total. The van der Waals surface area contributed by atoms with Crippen LogP contribution in [0.25, 0.3) is 0 Å². The van der Waals surface area contributed by atoms with Gasteiger partial charge in [0.2, 0.25) is 5.91 Å². The van der Waals surface area contributed by atoms with Crippen molar-refractivity contribution in [1.82, 2.24) is 9.80 Å². The van der Waals surface area contributed by atoms with E-state index < -0.39 is 0 Å². The molecule has 1 aromatic heterocycles. The Morgan fingerprint density at radius 3 is 2.36 bits per heavy atom. The summed E-state index contributed by atoms with van der Waals surface area (Å²) in [5.74, 6) is -0.200. The number of aryl methyl sites for hydroxylation is 2. The summed E-state index contributed by atoms with van der Waals surface area (Å²) in [5, 5.41) is 2.10. The molecule has 1 aliphatic rings. The van der Waals surface area contributed by atoms with Crippen molar-refractivity contribution in [3.63, 3.8) is 0 Å². The van der Waals surface area contributed by atoms with E-state index in [0.717, 1.165) is 17.5 Å². The van der Waals surface area contributed by atoms with Gasteiger partial charge in [0.25, 0.3) is 5.91 Å². The highest BCUT2D eigenvalue weighted by Crippen LogP contribution is 2.38. The van der Waals surface area contributed by atoms with E-state index in [1.807, 2.05) is 36.1 Å². The third-order valence-electron chi connectivity index (χ3n) is 6.16. The van der Waals surface area contributed by atoms with Gasteiger partial charge < -0.3 is 14.5 Å². The molecule has 1 aliphatic heterocycles. The van der Waals surface area contributed by atoms with Crippen molar-refractivity contribution in [2.75, 3.05) is 33.4 Å². The Hall–Kier alpha value is -2.96. The highest BCUT2D eigenvalue weighted by atomic mass is 32.1. The van der Waals surface area contributed by atoms with Crippen LogP contribution in [0.4, 0.5) is 0 Å². The standard InChI is InChI=1S/C27H30N2O3S/c1-19-4-8-21(9-5-19)26-23-13-17-33-24(23)12-14-29(26)25(30)18-28(15-16-32-3)27(31)22-10-6-20(2)7-11-22/h4-11,13,17,26H,12,14-16,18H2,1-3H3. The molecule has 2 heterocycles. The summed E-state index contributed by atoms with van der Waals surface area (Å²) in [5.41, 5.74) is 5.15. The van der Waals surface area contributed by atoms with E-state index in [1.54, 1.807) is 23.3 Å². The van der Waals surface area contributed by atoms with Gasteiger partial charge in [-0.1, -0.05) is 47.5 Å². The molecule has 0 bridgehead atoms. The summed E-state index contributed by atoms with van der Waals surface area (Å²) in [6, 6.07) is 17.8. The van der Waals surface area contributed by atoms with Crippen molar-refractivity contribution in [2.24, 2.45) is 0 Å². The maximum absolute atomic E-state index is 13.6. The number of methoxy groups -OCH3 is 1. The highest BCUT2D eigenvalue weighted by Gasteiger charge is 2.34. The van der Waals surface area contributed by atoms with E-state index in [0.29, 0.717) is 25.3 Å². The van der Waals surface area contributed by atoms with Crippen molar-refractivity contribution >= 4 is 23.2 Å². The molecule has 2 amide bonds. The minimum absolute atomic E-state index is 0.0257. The number of carbonyl (C=O) groups is 2. The second-order valence-electron chi connectivity index (χ2n) is 8.54. The van der Waals surface area contributed by atoms with Gasteiger partial charge in [0.1, 0.15) is 6.54 Å². The number of amides is 2. The van der Waals surface area contributed by atoms with Crippen LogP contribution in [0.15, 0.2) is 60.0 Å². The molecule has 0 fully saturated rings. The van der Waals surface area contributed by atoms with Crippen LogP contribution in [0.3, 0.4) is 0 Å². The van der Waals surface area contributed by atoms with Crippen LogP contribution in [-0.4, -0.2) is 55.0 Å². The van der Waals surface area contributed by atoms with Crippen LogP contribution in [0.1, 0.15) is 43.5 Å². The number of fused-ring (bicyclic) bond motifs is 1. The quantitative estimate of drug-likeness (QED) is 0.515. The molecule has 33 heavy (non-hydrogen) atoms. The Bertz CT molecular complexity index is 1110. The van der Waals surface area contributed by atoms with Gasteiger partial charge in [-0.3, -0.25) is 9.59 Å². The predicted octanol–water partition coefficient (Wildman–Crippen LogP) is 4.63. The molecule has 4 rings (SSSR count). The third-order valence-corrected chi connectivity index (χ3v) is 7.15. The number of hydrogen-bond donors (Lipinski definition) is 0. The first-order valence-corrected chi connectivity index (χ1v) is 12.1. The van der Waals surface area contributed by atoms with Gasteiger partial charge in [-0.15, -0.1) is 11.3 Å². The van der Waals surface area contributed by atoms with E-state index in [2.05, 4.69) is 42.6 Å². The summed E-state index contributed by atoms with van der Waals surface area (Å²) in [6.45, 7) is 5.46.